The zero-order valence-electron chi connectivity index (χ0n) is 13.0. The molecule has 4 nitrogen and oxygen atoms in total. The highest BCUT2D eigenvalue weighted by molar-refractivity contribution is 5.83. The lowest BCUT2D eigenvalue weighted by molar-refractivity contribution is -0.135. The van der Waals surface area contributed by atoms with E-state index in [-0.39, 0.29) is 11.3 Å². The van der Waals surface area contributed by atoms with Gasteiger partial charge < -0.3 is 16.0 Å². The maximum atomic E-state index is 12.3. The molecule has 19 heavy (non-hydrogen) atoms. The van der Waals surface area contributed by atoms with E-state index in [1.54, 1.807) is 0 Å². The van der Waals surface area contributed by atoms with Crippen molar-refractivity contribution in [3.8, 4) is 0 Å². The van der Waals surface area contributed by atoms with E-state index in [1.807, 2.05) is 0 Å². The fraction of sp³-hybridized carbons (Fsp3) is 0.933. The third-order valence-electron chi connectivity index (χ3n) is 4.91. The summed E-state index contributed by atoms with van der Waals surface area (Å²) in [5, 5.41) is 3.15. The maximum absolute atomic E-state index is 12.3. The molecule has 0 bridgehead atoms. The molecule has 1 aliphatic carbocycles. The summed E-state index contributed by atoms with van der Waals surface area (Å²) in [6, 6.07) is 0.411. The summed E-state index contributed by atoms with van der Waals surface area (Å²) in [5.74, 6) is 0.796. The number of nitrogens with two attached hydrogens (primary N) is 1. The van der Waals surface area contributed by atoms with Crippen LogP contribution in [0.3, 0.4) is 0 Å². The summed E-state index contributed by atoms with van der Waals surface area (Å²) in [4.78, 5) is 14.5. The van der Waals surface area contributed by atoms with Gasteiger partial charge in [0.15, 0.2) is 0 Å². The van der Waals surface area contributed by atoms with Gasteiger partial charge in [0.05, 0.1) is 5.41 Å². The van der Waals surface area contributed by atoms with Crippen LogP contribution >= 0.6 is 0 Å². The highest BCUT2D eigenvalue weighted by Gasteiger charge is 2.42. The number of nitrogens with zero attached hydrogens (tertiary/aromatic N) is 1. The topological polar surface area (TPSA) is 58.4 Å². The first-order valence-electron chi connectivity index (χ1n) is 7.65. The van der Waals surface area contributed by atoms with E-state index < -0.39 is 0 Å². The van der Waals surface area contributed by atoms with Crippen molar-refractivity contribution < 1.29 is 4.79 Å². The standard InChI is InChI=1S/C15H31N3O/c1-5-12(6-2)13(18(3)4)10-17-14(19)15(11-16)8-7-9-15/h12-13H,5-11,16H2,1-4H3,(H,17,19). The largest absolute Gasteiger partial charge is 0.354 e. The Morgan fingerprint density at radius 2 is 1.89 bits per heavy atom. The van der Waals surface area contributed by atoms with Crippen LogP contribution in [0.5, 0.6) is 0 Å². The number of carbonyl (C=O) groups is 1. The van der Waals surface area contributed by atoms with Crippen LogP contribution in [-0.2, 0) is 4.79 Å². The van der Waals surface area contributed by atoms with Gasteiger partial charge in [0.1, 0.15) is 0 Å². The summed E-state index contributed by atoms with van der Waals surface area (Å²) in [6.45, 7) is 5.66. The van der Waals surface area contributed by atoms with Crippen molar-refractivity contribution in [2.75, 3.05) is 27.2 Å². The third kappa shape index (κ3) is 3.69. The molecule has 3 N–H and O–H groups in total. The Bertz CT molecular complexity index is 278. The number of hydrogen-bond acceptors (Lipinski definition) is 3. The Morgan fingerprint density at radius 3 is 2.21 bits per heavy atom. The average Bonchev–Trinajstić information content (AvgIpc) is 2.33. The van der Waals surface area contributed by atoms with Gasteiger partial charge in [-0.15, -0.1) is 0 Å². The molecule has 1 rings (SSSR count). The molecule has 1 atom stereocenters. The minimum Gasteiger partial charge on any atom is -0.354 e. The van der Waals surface area contributed by atoms with Crippen LogP contribution in [0, 0.1) is 11.3 Å². The second-order valence-corrected chi connectivity index (χ2v) is 6.16. The Kier molecular flexibility index (Phi) is 6.27. The smallest absolute Gasteiger partial charge is 0.227 e. The Morgan fingerprint density at radius 1 is 1.32 bits per heavy atom. The van der Waals surface area contributed by atoms with E-state index in [0.29, 0.717) is 18.5 Å². The third-order valence-corrected chi connectivity index (χ3v) is 4.91. The number of hydrogen-bond donors (Lipinski definition) is 2. The molecule has 0 aromatic heterocycles. The fourth-order valence-corrected chi connectivity index (χ4v) is 3.12. The van der Waals surface area contributed by atoms with Crippen molar-refractivity contribution in [3.05, 3.63) is 0 Å². The molecule has 1 aliphatic rings. The molecule has 1 unspecified atom stereocenters. The van der Waals surface area contributed by atoms with E-state index in [2.05, 4.69) is 38.2 Å². The highest BCUT2D eigenvalue weighted by atomic mass is 16.2. The van der Waals surface area contributed by atoms with Gasteiger partial charge in [-0.3, -0.25) is 4.79 Å². The lowest BCUT2D eigenvalue weighted by Crippen LogP contribution is -2.53. The summed E-state index contributed by atoms with van der Waals surface area (Å²) in [5.41, 5.74) is 5.52. The fourth-order valence-electron chi connectivity index (χ4n) is 3.12. The van der Waals surface area contributed by atoms with E-state index in [0.717, 1.165) is 38.6 Å². The lowest BCUT2D eigenvalue weighted by Gasteiger charge is -2.40. The monoisotopic (exact) mass is 269 g/mol. The van der Waals surface area contributed by atoms with E-state index in [4.69, 9.17) is 5.73 Å². The van der Waals surface area contributed by atoms with Gasteiger partial charge >= 0.3 is 0 Å². The molecule has 0 aromatic carbocycles. The van der Waals surface area contributed by atoms with E-state index in [9.17, 15) is 4.79 Å². The van der Waals surface area contributed by atoms with E-state index in [1.165, 1.54) is 0 Å². The molecule has 0 radical (unpaired) electrons. The van der Waals surface area contributed by atoms with Gasteiger partial charge in [-0.1, -0.05) is 33.1 Å². The number of amides is 1. The van der Waals surface area contributed by atoms with Crippen molar-refractivity contribution in [1.82, 2.24) is 10.2 Å². The maximum Gasteiger partial charge on any atom is 0.227 e. The van der Waals surface area contributed by atoms with Gasteiger partial charge in [-0.25, -0.2) is 0 Å². The van der Waals surface area contributed by atoms with Crippen molar-refractivity contribution >= 4 is 5.91 Å². The molecule has 0 spiro atoms. The molecular formula is C15H31N3O. The highest BCUT2D eigenvalue weighted by Crippen LogP contribution is 2.40. The summed E-state index contributed by atoms with van der Waals surface area (Å²) < 4.78 is 0. The number of nitrogens with one attached hydrogen (secondary N) is 1. The van der Waals surface area contributed by atoms with Crippen LogP contribution in [-0.4, -0.2) is 44.0 Å². The normalized spacial score (nSPS) is 19.3. The molecule has 4 heteroatoms. The van der Waals surface area contributed by atoms with Gasteiger partial charge in [0, 0.05) is 19.1 Å². The quantitative estimate of drug-likeness (QED) is 0.703. The van der Waals surface area contributed by atoms with Gasteiger partial charge in [0.25, 0.3) is 0 Å². The van der Waals surface area contributed by atoms with Gasteiger partial charge in [-0.05, 0) is 32.9 Å². The average molecular weight is 269 g/mol. The van der Waals surface area contributed by atoms with Crippen molar-refractivity contribution in [2.45, 2.75) is 52.0 Å². The van der Waals surface area contributed by atoms with Crippen LogP contribution in [0.4, 0.5) is 0 Å². The van der Waals surface area contributed by atoms with Crippen LogP contribution in [0.2, 0.25) is 0 Å². The Balaban J connectivity index is 2.54. The predicted molar refractivity (Wildman–Crippen MR) is 79.9 cm³/mol. The summed E-state index contributed by atoms with van der Waals surface area (Å²) >= 11 is 0. The zero-order valence-corrected chi connectivity index (χ0v) is 13.0. The molecule has 1 saturated carbocycles. The lowest BCUT2D eigenvalue weighted by atomic mass is 9.68. The molecule has 0 heterocycles. The minimum atomic E-state index is -0.259. The first-order valence-corrected chi connectivity index (χ1v) is 7.65. The number of likely N-dealkylation sites (N-methyl/N-ethyl adjacent to an activating group) is 1. The number of carbonyl (C=O) groups excluding carboxylic acids is 1. The van der Waals surface area contributed by atoms with Crippen LogP contribution in [0.15, 0.2) is 0 Å². The Hall–Kier alpha value is -0.610. The van der Waals surface area contributed by atoms with Crippen molar-refractivity contribution in [1.29, 1.82) is 0 Å². The van der Waals surface area contributed by atoms with Crippen LogP contribution < -0.4 is 11.1 Å². The molecule has 1 fully saturated rings. The molecular weight excluding hydrogens is 238 g/mol. The van der Waals surface area contributed by atoms with Crippen molar-refractivity contribution in [3.63, 3.8) is 0 Å². The number of rotatable bonds is 8. The van der Waals surface area contributed by atoms with Gasteiger partial charge in [-0.2, -0.15) is 0 Å². The minimum absolute atomic E-state index is 0.166. The van der Waals surface area contributed by atoms with Crippen LogP contribution in [0.25, 0.3) is 0 Å². The first-order chi connectivity index (χ1) is 9.00. The first kappa shape index (κ1) is 16.4. The predicted octanol–water partition coefficient (Wildman–Crippen LogP) is 1.60. The van der Waals surface area contributed by atoms with Crippen LogP contribution in [0.1, 0.15) is 46.0 Å². The summed E-state index contributed by atoms with van der Waals surface area (Å²) in [7, 11) is 4.19. The Labute approximate surface area is 118 Å². The molecule has 1 amide bonds. The SMILES string of the molecule is CCC(CC)C(CNC(=O)C1(CN)CCC1)N(C)C. The molecule has 0 aromatic rings. The summed E-state index contributed by atoms with van der Waals surface area (Å²) in [6.07, 6.45) is 5.34. The van der Waals surface area contributed by atoms with E-state index >= 15 is 0 Å². The molecule has 0 saturated heterocycles. The second kappa shape index (κ2) is 7.25. The zero-order chi connectivity index (χ0) is 14.5. The van der Waals surface area contributed by atoms with Crippen molar-refractivity contribution in [2.24, 2.45) is 17.1 Å². The van der Waals surface area contributed by atoms with Gasteiger partial charge in [0.2, 0.25) is 5.91 Å². The second-order valence-electron chi connectivity index (χ2n) is 6.16. The molecule has 112 valence electrons. The molecule has 0 aliphatic heterocycles.